The van der Waals surface area contributed by atoms with Gasteiger partial charge in [-0.1, -0.05) is 19.8 Å². The topological polar surface area (TPSA) is 21.3 Å². The molecular weight excluding hydrogens is 162 g/mol. The molecule has 0 spiro atoms. The molecule has 2 fully saturated rings. The van der Waals surface area contributed by atoms with E-state index in [2.05, 4.69) is 12.2 Å². The maximum absolute atomic E-state index is 5.36. The zero-order valence-electron chi connectivity index (χ0n) is 8.59. The van der Waals surface area contributed by atoms with Gasteiger partial charge in [-0.2, -0.15) is 0 Å². The monoisotopic (exact) mass is 183 g/mol. The Bertz CT molecular complexity index is 154. The molecule has 0 aromatic heterocycles. The summed E-state index contributed by atoms with van der Waals surface area (Å²) in [5.41, 5.74) is 0. The summed E-state index contributed by atoms with van der Waals surface area (Å²) in [6.45, 7) is 4.27. The molecular formula is C11H21NO. The third-order valence-corrected chi connectivity index (χ3v) is 3.34. The Morgan fingerprint density at radius 2 is 2.08 bits per heavy atom. The van der Waals surface area contributed by atoms with E-state index in [1.54, 1.807) is 0 Å². The molecule has 1 saturated heterocycles. The van der Waals surface area contributed by atoms with Gasteiger partial charge >= 0.3 is 0 Å². The maximum atomic E-state index is 5.36. The van der Waals surface area contributed by atoms with E-state index in [-0.39, 0.29) is 0 Å². The van der Waals surface area contributed by atoms with E-state index >= 15 is 0 Å². The third kappa shape index (κ3) is 2.68. The maximum Gasteiger partial charge on any atom is 0.0620 e. The van der Waals surface area contributed by atoms with Crippen LogP contribution >= 0.6 is 0 Å². The predicted octanol–water partition coefficient (Wildman–Crippen LogP) is 1.94. The molecule has 0 aromatic rings. The normalized spacial score (nSPS) is 40.8. The van der Waals surface area contributed by atoms with Gasteiger partial charge in [0.05, 0.1) is 6.61 Å². The van der Waals surface area contributed by atoms with Crippen molar-refractivity contribution < 1.29 is 4.74 Å². The van der Waals surface area contributed by atoms with Gasteiger partial charge in [0.2, 0.25) is 0 Å². The summed E-state index contributed by atoms with van der Waals surface area (Å²) in [5, 5.41) is 3.72. The Kier molecular flexibility index (Phi) is 3.23. The van der Waals surface area contributed by atoms with Crippen LogP contribution in [0.4, 0.5) is 0 Å². The quantitative estimate of drug-likeness (QED) is 0.706. The van der Waals surface area contributed by atoms with Crippen LogP contribution in [0.15, 0.2) is 0 Å². The van der Waals surface area contributed by atoms with Gasteiger partial charge < -0.3 is 10.1 Å². The second-order valence-corrected chi connectivity index (χ2v) is 4.70. The molecule has 76 valence electrons. The minimum Gasteiger partial charge on any atom is -0.380 e. The average Bonchev–Trinajstić information content (AvgIpc) is 2.57. The van der Waals surface area contributed by atoms with E-state index in [1.807, 2.05) is 0 Å². The van der Waals surface area contributed by atoms with Crippen LogP contribution in [-0.2, 0) is 4.74 Å². The van der Waals surface area contributed by atoms with Crippen molar-refractivity contribution in [2.45, 2.75) is 51.1 Å². The number of nitrogens with one attached hydrogen (secondary N) is 1. The first-order chi connectivity index (χ1) is 6.34. The lowest BCUT2D eigenvalue weighted by atomic mass is 9.87. The van der Waals surface area contributed by atoms with E-state index in [0.717, 1.165) is 25.2 Å². The van der Waals surface area contributed by atoms with E-state index in [0.29, 0.717) is 6.04 Å². The van der Waals surface area contributed by atoms with Crippen molar-refractivity contribution in [1.29, 1.82) is 0 Å². The first-order valence-corrected chi connectivity index (χ1v) is 5.68. The number of hydrogen-bond acceptors (Lipinski definition) is 2. The zero-order valence-corrected chi connectivity index (χ0v) is 8.59. The van der Waals surface area contributed by atoms with Crippen molar-refractivity contribution in [2.24, 2.45) is 5.92 Å². The Hall–Kier alpha value is -0.0800. The Labute approximate surface area is 81.0 Å². The smallest absolute Gasteiger partial charge is 0.0620 e. The number of ether oxygens (including phenoxy) is 1. The number of rotatable bonds is 2. The lowest BCUT2D eigenvalue weighted by molar-refractivity contribution is 0.183. The van der Waals surface area contributed by atoms with Crippen LogP contribution in [0.3, 0.4) is 0 Å². The highest BCUT2D eigenvalue weighted by molar-refractivity contribution is 4.81. The zero-order chi connectivity index (χ0) is 9.10. The van der Waals surface area contributed by atoms with E-state index in [4.69, 9.17) is 4.74 Å². The van der Waals surface area contributed by atoms with Crippen molar-refractivity contribution in [3.8, 4) is 0 Å². The molecule has 0 aromatic carbocycles. The second-order valence-electron chi connectivity index (χ2n) is 4.70. The van der Waals surface area contributed by atoms with Gasteiger partial charge in [-0.15, -0.1) is 0 Å². The summed E-state index contributed by atoms with van der Waals surface area (Å²) < 4.78 is 5.36. The summed E-state index contributed by atoms with van der Waals surface area (Å²) in [6, 6.07) is 1.42. The average molecular weight is 183 g/mol. The van der Waals surface area contributed by atoms with Gasteiger partial charge in [0.1, 0.15) is 0 Å². The minimum absolute atomic E-state index is 0.648. The predicted molar refractivity (Wildman–Crippen MR) is 53.8 cm³/mol. The number of hydrogen-bond donors (Lipinski definition) is 1. The molecule has 0 radical (unpaired) electrons. The van der Waals surface area contributed by atoms with Crippen molar-refractivity contribution in [3.05, 3.63) is 0 Å². The van der Waals surface area contributed by atoms with Crippen LogP contribution in [0.25, 0.3) is 0 Å². The van der Waals surface area contributed by atoms with Crippen molar-refractivity contribution in [2.75, 3.05) is 13.2 Å². The first kappa shape index (κ1) is 9.47. The fourth-order valence-electron chi connectivity index (χ4n) is 2.58. The summed E-state index contributed by atoms with van der Waals surface area (Å²) >= 11 is 0. The highest BCUT2D eigenvalue weighted by atomic mass is 16.5. The largest absolute Gasteiger partial charge is 0.380 e. The van der Waals surface area contributed by atoms with E-state index < -0.39 is 0 Å². The van der Waals surface area contributed by atoms with Gasteiger partial charge in [0.25, 0.3) is 0 Å². The Balaban J connectivity index is 1.73. The molecule has 1 heterocycles. The third-order valence-electron chi connectivity index (χ3n) is 3.34. The second kappa shape index (κ2) is 4.43. The molecule has 2 nitrogen and oxygen atoms in total. The standard InChI is InChI=1S/C11H21NO/c1-9-3-2-4-10(7-9)12-11-5-6-13-8-11/h9-12H,2-8H2,1H3. The van der Waals surface area contributed by atoms with Crippen LogP contribution in [-0.4, -0.2) is 25.3 Å². The minimum atomic E-state index is 0.648. The molecule has 2 rings (SSSR count). The lowest BCUT2D eigenvalue weighted by Gasteiger charge is -2.29. The highest BCUT2D eigenvalue weighted by Crippen LogP contribution is 2.24. The summed E-state index contributed by atoms with van der Waals surface area (Å²) in [7, 11) is 0. The van der Waals surface area contributed by atoms with Crippen LogP contribution in [0.5, 0.6) is 0 Å². The molecule has 0 bridgehead atoms. The van der Waals surface area contributed by atoms with Gasteiger partial charge in [-0.3, -0.25) is 0 Å². The SMILES string of the molecule is CC1CCCC(NC2CCOC2)C1. The van der Waals surface area contributed by atoms with Crippen LogP contribution in [0.1, 0.15) is 39.0 Å². The summed E-state index contributed by atoms with van der Waals surface area (Å²) in [6.07, 6.45) is 6.80. The van der Waals surface area contributed by atoms with Gasteiger partial charge in [0, 0.05) is 18.7 Å². The van der Waals surface area contributed by atoms with Gasteiger partial charge in [-0.25, -0.2) is 0 Å². The molecule has 1 aliphatic heterocycles. The summed E-state index contributed by atoms with van der Waals surface area (Å²) in [5.74, 6) is 0.925. The molecule has 0 amide bonds. The van der Waals surface area contributed by atoms with Crippen molar-refractivity contribution in [1.82, 2.24) is 5.32 Å². The molecule has 2 heteroatoms. The Morgan fingerprint density at radius 1 is 1.15 bits per heavy atom. The molecule has 1 aliphatic carbocycles. The van der Waals surface area contributed by atoms with E-state index in [1.165, 1.54) is 32.1 Å². The van der Waals surface area contributed by atoms with E-state index in [9.17, 15) is 0 Å². The first-order valence-electron chi connectivity index (χ1n) is 5.68. The van der Waals surface area contributed by atoms with Gasteiger partial charge in [0.15, 0.2) is 0 Å². The molecule has 2 aliphatic rings. The highest BCUT2D eigenvalue weighted by Gasteiger charge is 2.23. The lowest BCUT2D eigenvalue weighted by Crippen LogP contribution is -2.41. The molecule has 1 saturated carbocycles. The molecule has 13 heavy (non-hydrogen) atoms. The fraction of sp³-hybridized carbons (Fsp3) is 1.00. The van der Waals surface area contributed by atoms with Crippen LogP contribution in [0, 0.1) is 5.92 Å². The molecule has 3 unspecified atom stereocenters. The van der Waals surface area contributed by atoms with Crippen LogP contribution in [0.2, 0.25) is 0 Å². The van der Waals surface area contributed by atoms with Crippen molar-refractivity contribution >= 4 is 0 Å². The molecule has 3 atom stereocenters. The van der Waals surface area contributed by atoms with Crippen LogP contribution < -0.4 is 5.32 Å². The Morgan fingerprint density at radius 3 is 2.77 bits per heavy atom. The molecule has 1 N–H and O–H groups in total. The van der Waals surface area contributed by atoms with Crippen molar-refractivity contribution in [3.63, 3.8) is 0 Å². The summed E-state index contributed by atoms with van der Waals surface area (Å²) in [4.78, 5) is 0. The fourth-order valence-corrected chi connectivity index (χ4v) is 2.58. The van der Waals surface area contributed by atoms with Gasteiger partial charge in [-0.05, 0) is 25.2 Å².